The predicted octanol–water partition coefficient (Wildman–Crippen LogP) is 3.55. The summed E-state index contributed by atoms with van der Waals surface area (Å²) in [6.45, 7) is 1.00. The Hall–Kier alpha value is -2.41. The van der Waals surface area contributed by atoms with Crippen molar-refractivity contribution in [3.63, 3.8) is 0 Å². The summed E-state index contributed by atoms with van der Waals surface area (Å²) in [6, 6.07) is 9.61. The Balaban J connectivity index is 1.59. The fraction of sp³-hybridized carbons (Fsp3) is 0.278. The van der Waals surface area contributed by atoms with Crippen LogP contribution in [0.1, 0.15) is 10.4 Å². The molecule has 0 aliphatic carbocycles. The number of methoxy groups -OCH3 is 1. The number of hydrogen-bond acceptors (Lipinski definition) is 6. The third-order valence-electron chi connectivity index (χ3n) is 3.47. The molecule has 0 saturated heterocycles. The first kappa shape index (κ1) is 17.4. The molecule has 1 aliphatic heterocycles. The molecule has 132 valence electrons. The Kier molecular flexibility index (Phi) is 5.65. The van der Waals surface area contributed by atoms with Crippen LogP contribution in [0.25, 0.3) is 0 Å². The van der Waals surface area contributed by atoms with Gasteiger partial charge in [0, 0.05) is 10.6 Å². The third kappa shape index (κ3) is 4.17. The van der Waals surface area contributed by atoms with E-state index in [1.165, 1.54) is 24.9 Å². The number of carbonyl (C=O) groups excluding carboxylic acids is 1. The van der Waals surface area contributed by atoms with Crippen LogP contribution in [-0.2, 0) is 4.74 Å². The molecular formula is C18H17FO5S. The van der Waals surface area contributed by atoms with Crippen LogP contribution in [0.4, 0.5) is 4.39 Å². The number of ether oxygens (including phenoxy) is 4. The van der Waals surface area contributed by atoms with Gasteiger partial charge in [0.05, 0.1) is 12.7 Å². The van der Waals surface area contributed by atoms with Crippen molar-refractivity contribution < 1.29 is 28.1 Å². The first-order valence-electron chi connectivity index (χ1n) is 7.71. The van der Waals surface area contributed by atoms with Crippen molar-refractivity contribution in [1.29, 1.82) is 0 Å². The van der Waals surface area contributed by atoms with Gasteiger partial charge >= 0.3 is 5.97 Å². The lowest BCUT2D eigenvalue weighted by Gasteiger charge is -2.21. The van der Waals surface area contributed by atoms with Crippen LogP contribution in [0.3, 0.4) is 0 Å². The Bertz CT molecular complexity index is 748. The minimum Gasteiger partial charge on any atom is -0.493 e. The van der Waals surface area contributed by atoms with E-state index in [4.69, 9.17) is 18.9 Å². The second-order valence-corrected chi connectivity index (χ2v) is 6.25. The van der Waals surface area contributed by atoms with Crippen LogP contribution in [0.2, 0.25) is 0 Å². The van der Waals surface area contributed by atoms with Gasteiger partial charge in [0.15, 0.2) is 11.5 Å². The molecule has 0 fully saturated rings. The number of fused-ring (bicyclic) bond motifs is 1. The van der Waals surface area contributed by atoms with Gasteiger partial charge in [-0.05, 0) is 24.3 Å². The maximum atomic E-state index is 13.5. The molecular weight excluding hydrogens is 347 g/mol. The molecule has 0 amide bonds. The molecule has 1 heterocycles. The van der Waals surface area contributed by atoms with Crippen LogP contribution in [0.15, 0.2) is 41.3 Å². The third-order valence-corrected chi connectivity index (χ3v) is 4.49. The van der Waals surface area contributed by atoms with E-state index in [1.54, 1.807) is 30.3 Å². The van der Waals surface area contributed by atoms with E-state index in [-0.39, 0.29) is 12.4 Å². The summed E-state index contributed by atoms with van der Waals surface area (Å²) in [5.74, 6) is 1.04. The van der Waals surface area contributed by atoms with E-state index in [2.05, 4.69) is 0 Å². The maximum Gasteiger partial charge on any atom is 0.338 e. The second kappa shape index (κ2) is 8.11. The molecule has 0 N–H and O–H groups in total. The molecule has 0 atom stereocenters. The SMILES string of the molecule is COc1cc(C(=O)OCCSc2ccccc2F)cc2c1OCCO2. The average molecular weight is 364 g/mol. The number of carbonyl (C=O) groups is 1. The van der Waals surface area contributed by atoms with Crippen LogP contribution < -0.4 is 14.2 Å². The summed E-state index contributed by atoms with van der Waals surface area (Å²) in [4.78, 5) is 12.7. The Morgan fingerprint density at radius 3 is 2.84 bits per heavy atom. The molecule has 1 aliphatic rings. The van der Waals surface area contributed by atoms with Gasteiger partial charge in [-0.1, -0.05) is 12.1 Å². The standard InChI is InChI=1S/C18H17FO5S/c1-21-14-10-12(11-15-17(14)23-7-6-22-15)18(20)24-8-9-25-16-5-3-2-4-13(16)19/h2-5,10-11H,6-9H2,1H3. The maximum absolute atomic E-state index is 13.5. The smallest absolute Gasteiger partial charge is 0.338 e. The first-order chi connectivity index (χ1) is 12.2. The Morgan fingerprint density at radius 1 is 1.24 bits per heavy atom. The number of hydrogen-bond donors (Lipinski definition) is 0. The monoisotopic (exact) mass is 364 g/mol. The molecule has 0 bridgehead atoms. The molecule has 0 spiro atoms. The largest absolute Gasteiger partial charge is 0.493 e. The molecule has 0 unspecified atom stereocenters. The van der Waals surface area contributed by atoms with E-state index in [9.17, 15) is 9.18 Å². The highest BCUT2D eigenvalue weighted by atomic mass is 32.2. The number of rotatable bonds is 6. The molecule has 3 rings (SSSR count). The first-order valence-corrected chi connectivity index (χ1v) is 8.69. The molecule has 5 nitrogen and oxygen atoms in total. The number of benzene rings is 2. The van der Waals surface area contributed by atoms with Gasteiger partial charge in [-0.25, -0.2) is 9.18 Å². The topological polar surface area (TPSA) is 54.0 Å². The molecule has 0 saturated carbocycles. The van der Waals surface area contributed by atoms with Gasteiger partial charge in [-0.15, -0.1) is 11.8 Å². The molecule has 2 aromatic rings. The fourth-order valence-electron chi connectivity index (χ4n) is 2.32. The van der Waals surface area contributed by atoms with Crippen molar-refractivity contribution >= 4 is 17.7 Å². The lowest BCUT2D eigenvalue weighted by atomic mass is 10.1. The van der Waals surface area contributed by atoms with Gasteiger partial charge < -0.3 is 18.9 Å². The zero-order chi connectivity index (χ0) is 17.6. The van der Waals surface area contributed by atoms with E-state index >= 15 is 0 Å². The minimum atomic E-state index is -0.496. The van der Waals surface area contributed by atoms with E-state index < -0.39 is 5.97 Å². The quantitative estimate of drug-likeness (QED) is 0.444. The lowest BCUT2D eigenvalue weighted by Crippen LogP contribution is -2.17. The second-order valence-electron chi connectivity index (χ2n) is 5.12. The van der Waals surface area contributed by atoms with Gasteiger partial charge in [0.2, 0.25) is 5.75 Å². The van der Waals surface area contributed by atoms with Crippen LogP contribution >= 0.6 is 11.8 Å². The number of esters is 1. The highest BCUT2D eigenvalue weighted by Crippen LogP contribution is 2.40. The van der Waals surface area contributed by atoms with E-state index in [0.29, 0.717) is 46.7 Å². The highest BCUT2D eigenvalue weighted by Gasteiger charge is 2.21. The van der Waals surface area contributed by atoms with Crippen molar-refractivity contribution in [1.82, 2.24) is 0 Å². The zero-order valence-electron chi connectivity index (χ0n) is 13.6. The van der Waals surface area contributed by atoms with Gasteiger partial charge in [-0.2, -0.15) is 0 Å². The van der Waals surface area contributed by atoms with Crippen molar-refractivity contribution in [3.8, 4) is 17.2 Å². The summed E-state index contributed by atoms with van der Waals surface area (Å²) in [7, 11) is 1.49. The minimum absolute atomic E-state index is 0.161. The fourth-order valence-corrected chi connectivity index (χ4v) is 3.09. The number of halogens is 1. The molecule has 2 aromatic carbocycles. The highest BCUT2D eigenvalue weighted by molar-refractivity contribution is 7.99. The van der Waals surface area contributed by atoms with Crippen molar-refractivity contribution in [2.24, 2.45) is 0 Å². The molecule has 0 radical (unpaired) electrons. The zero-order valence-corrected chi connectivity index (χ0v) is 14.4. The summed E-state index contributed by atoms with van der Waals surface area (Å²) < 4.78 is 35.0. The summed E-state index contributed by atoms with van der Waals surface area (Å²) >= 11 is 1.29. The molecule has 7 heteroatoms. The van der Waals surface area contributed by atoms with E-state index in [1.807, 2.05) is 0 Å². The summed E-state index contributed by atoms with van der Waals surface area (Å²) in [6.07, 6.45) is 0. The normalized spacial score (nSPS) is 12.6. The lowest BCUT2D eigenvalue weighted by molar-refractivity contribution is 0.0528. The summed E-state index contributed by atoms with van der Waals surface area (Å²) in [5.41, 5.74) is 0.317. The predicted molar refractivity (Wildman–Crippen MR) is 91.4 cm³/mol. The average Bonchev–Trinajstić information content (AvgIpc) is 2.65. The number of thioether (sulfide) groups is 1. The molecule has 0 aromatic heterocycles. The Morgan fingerprint density at radius 2 is 2.04 bits per heavy atom. The Labute approximate surface area is 149 Å². The van der Waals surface area contributed by atoms with Gasteiger partial charge in [0.1, 0.15) is 25.6 Å². The van der Waals surface area contributed by atoms with Crippen LogP contribution in [-0.4, -0.2) is 38.7 Å². The van der Waals surface area contributed by atoms with Crippen molar-refractivity contribution in [3.05, 3.63) is 47.8 Å². The van der Waals surface area contributed by atoms with Crippen molar-refractivity contribution in [2.45, 2.75) is 4.90 Å². The summed E-state index contributed by atoms with van der Waals surface area (Å²) in [5, 5.41) is 0. The molecule has 25 heavy (non-hydrogen) atoms. The van der Waals surface area contributed by atoms with E-state index in [0.717, 1.165) is 0 Å². The van der Waals surface area contributed by atoms with Gasteiger partial charge in [0.25, 0.3) is 0 Å². The van der Waals surface area contributed by atoms with Gasteiger partial charge in [-0.3, -0.25) is 0 Å². The van der Waals surface area contributed by atoms with Crippen molar-refractivity contribution in [2.75, 3.05) is 32.7 Å². The van der Waals surface area contributed by atoms with Crippen LogP contribution in [0.5, 0.6) is 17.2 Å². The van der Waals surface area contributed by atoms with Crippen LogP contribution in [0, 0.1) is 5.82 Å².